The number of fused-ring (bicyclic) bond motifs is 1. The van der Waals surface area contributed by atoms with E-state index in [9.17, 15) is 23.6 Å². The Morgan fingerprint density at radius 1 is 1.03 bits per heavy atom. The molecule has 162 valence electrons. The Balaban J connectivity index is 1.65. The highest BCUT2D eigenvalue weighted by molar-refractivity contribution is 6.21. The van der Waals surface area contributed by atoms with Crippen LogP contribution in [0, 0.1) is 5.82 Å². The third-order valence-corrected chi connectivity index (χ3v) is 5.33. The maximum Gasteiger partial charge on any atom is 0.261 e. The van der Waals surface area contributed by atoms with E-state index >= 15 is 0 Å². The van der Waals surface area contributed by atoms with E-state index < -0.39 is 6.04 Å². The molecule has 8 heteroatoms. The van der Waals surface area contributed by atoms with Crippen molar-refractivity contribution in [2.24, 2.45) is 0 Å². The number of carbonyl (C=O) groups is 4. The van der Waals surface area contributed by atoms with E-state index in [0.717, 1.165) is 4.90 Å². The predicted molar refractivity (Wildman–Crippen MR) is 112 cm³/mol. The van der Waals surface area contributed by atoms with Crippen LogP contribution in [-0.4, -0.2) is 53.1 Å². The van der Waals surface area contributed by atoms with Crippen LogP contribution in [0.25, 0.3) is 0 Å². The fraction of sp³-hybridized carbons (Fsp3) is 0.304. The van der Waals surface area contributed by atoms with Crippen LogP contribution in [0.4, 0.5) is 4.39 Å². The van der Waals surface area contributed by atoms with E-state index in [-0.39, 0.29) is 55.4 Å². The second kappa shape index (κ2) is 9.51. The molecule has 1 atom stereocenters. The summed E-state index contributed by atoms with van der Waals surface area (Å²) in [5, 5.41) is 2.53. The highest BCUT2D eigenvalue weighted by atomic mass is 19.1. The second-order valence-electron chi connectivity index (χ2n) is 7.35. The Bertz CT molecular complexity index is 971. The molecule has 0 radical (unpaired) electrons. The number of halogens is 1. The van der Waals surface area contributed by atoms with Gasteiger partial charge in [0.1, 0.15) is 11.9 Å². The van der Waals surface area contributed by atoms with E-state index in [1.54, 1.807) is 43.3 Å². The minimum Gasteiger partial charge on any atom is -0.357 e. The Labute approximate surface area is 179 Å². The number of hydrogen-bond donors (Lipinski definition) is 1. The normalized spacial score (nSPS) is 13.7. The molecule has 1 heterocycles. The highest BCUT2D eigenvalue weighted by Gasteiger charge is 2.35. The molecular formula is C23H24FN3O4. The molecule has 0 spiro atoms. The summed E-state index contributed by atoms with van der Waals surface area (Å²) < 4.78 is 13.2. The molecule has 0 saturated heterocycles. The summed E-state index contributed by atoms with van der Waals surface area (Å²) in [5.74, 6) is -1.74. The van der Waals surface area contributed by atoms with Crippen LogP contribution in [0.1, 0.15) is 46.0 Å². The van der Waals surface area contributed by atoms with Crippen molar-refractivity contribution in [3.05, 3.63) is 71.0 Å². The molecule has 1 aliphatic heterocycles. The first-order valence-electron chi connectivity index (χ1n) is 10.0. The second-order valence-corrected chi connectivity index (χ2v) is 7.35. The maximum absolute atomic E-state index is 13.2. The third kappa shape index (κ3) is 4.79. The zero-order valence-corrected chi connectivity index (χ0v) is 17.4. The van der Waals surface area contributed by atoms with Crippen molar-refractivity contribution in [3.63, 3.8) is 0 Å². The fourth-order valence-electron chi connectivity index (χ4n) is 3.55. The first kappa shape index (κ1) is 22.1. The van der Waals surface area contributed by atoms with Crippen molar-refractivity contribution in [1.29, 1.82) is 0 Å². The number of amides is 4. The monoisotopic (exact) mass is 425 g/mol. The minimum absolute atomic E-state index is 0.0515. The molecule has 3 rings (SSSR count). The van der Waals surface area contributed by atoms with Gasteiger partial charge in [-0.25, -0.2) is 4.39 Å². The molecule has 7 nitrogen and oxygen atoms in total. The van der Waals surface area contributed by atoms with Crippen molar-refractivity contribution < 1.29 is 23.6 Å². The van der Waals surface area contributed by atoms with Gasteiger partial charge in [-0.2, -0.15) is 0 Å². The van der Waals surface area contributed by atoms with Crippen molar-refractivity contribution in [1.82, 2.24) is 15.1 Å². The van der Waals surface area contributed by atoms with Crippen LogP contribution in [0.3, 0.4) is 0 Å². The van der Waals surface area contributed by atoms with Crippen LogP contribution in [-0.2, 0) is 16.1 Å². The number of likely N-dealkylation sites (N-methyl/N-ethyl adjacent to an activating group) is 1. The fourth-order valence-corrected chi connectivity index (χ4v) is 3.55. The Morgan fingerprint density at radius 3 is 2.16 bits per heavy atom. The molecule has 0 saturated carbocycles. The number of carbonyl (C=O) groups excluding carboxylic acids is 4. The van der Waals surface area contributed by atoms with Crippen LogP contribution in [0.15, 0.2) is 48.5 Å². The molecule has 0 fully saturated rings. The zero-order valence-electron chi connectivity index (χ0n) is 17.4. The van der Waals surface area contributed by atoms with Gasteiger partial charge in [0.25, 0.3) is 11.8 Å². The van der Waals surface area contributed by atoms with Crippen molar-refractivity contribution in [3.8, 4) is 0 Å². The lowest BCUT2D eigenvalue weighted by Gasteiger charge is -2.28. The largest absolute Gasteiger partial charge is 0.357 e. The van der Waals surface area contributed by atoms with Crippen LogP contribution in [0.2, 0.25) is 0 Å². The summed E-state index contributed by atoms with van der Waals surface area (Å²) in [5.41, 5.74) is 1.42. The molecular weight excluding hydrogens is 401 g/mol. The molecule has 0 bridgehead atoms. The lowest BCUT2D eigenvalue weighted by atomic mass is 10.1. The van der Waals surface area contributed by atoms with Crippen molar-refractivity contribution >= 4 is 23.6 Å². The number of rotatable bonds is 8. The van der Waals surface area contributed by atoms with Gasteiger partial charge in [-0.05, 0) is 43.2 Å². The number of nitrogens with one attached hydrogen (secondary N) is 1. The summed E-state index contributed by atoms with van der Waals surface area (Å²) in [7, 11) is 1.49. The van der Waals surface area contributed by atoms with E-state index in [0.29, 0.717) is 16.7 Å². The summed E-state index contributed by atoms with van der Waals surface area (Å²) in [6, 6.07) is 11.6. The van der Waals surface area contributed by atoms with E-state index in [1.807, 2.05) is 0 Å². The molecule has 0 aromatic heterocycles. The first-order valence-corrected chi connectivity index (χ1v) is 10.0. The molecule has 1 aliphatic rings. The zero-order chi connectivity index (χ0) is 22.5. The quantitative estimate of drug-likeness (QED) is 0.658. The number of imide groups is 1. The van der Waals surface area contributed by atoms with Crippen LogP contribution in [0.5, 0.6) is 0 Å². The molecule has 0 aliphatic carbocycles. The lowest BCUT2D eigenvalue weighted by Crippen LogP contribution is -2.46. The van der Waals surface area contributed by atoms with Gasteiger partial charge >= 0.3 is 0 Å². The SMILES string of the molecule is CNC(=O)C(C)N(Cc1ccc(F)cc1)C(=O)CCCN1C(=O)c2ccccc2C1=O. The minimum atomic E-state index is -0.734. The number of nitrogens with zero attached hydrogens (tertiary/aromatic N) is 2. The molecule has 2 aromatic rings. The van der Waals surface area contributed by atoms with Gasteiger partial charge in [-0.1, -0.05) is 24.3 Å². The summed E-state index contributed by atoms with van der Waals surface area (Å²) in [6.45, 7) is 1.86. The average Bonchev–Trinajstić information content (AvgIpc) is 3.02. The van der Waals surface area contributed by atoms with Gasteiger partial charge in [-0.3, -0.25) is 24.1 Å². The standard InChI is InChI=1S/C23H24FN3O4/c1-15(21(29)25-2)27(14-16-9-11-17(24)12-10-16)20(28)8-5-13-26-22(30)18-6-3-4-7-19(18)23(26)31/h3-4,6-7,9-12,15H,5,8,13-14H2,1-2H3,(H,25,29). The number of benzene rings is 2. The molecule has 1 N–H and O–H groups in total. The third-order valence-electron chi connectivity index (χ3n) is 5.33. The average molecular weight is 425 g/mol. The van der Waals surface area contributed by atoms with Crippen molar-refractivity contribution in [2.45, 2.75) is 32.4 Å². The number of hydrogen-bond acceptors (Lipinski definition) is 4. The van der Waals surface area contributed by atoms with Crippen LogP contribution >= 0.6 is 0 Å². The summed E-state index contributed by atoms with van der Waals surface area (Å²) in [4.78, 5) is 52.5. The van der Waals surface area contributed by atoms with E-state index in [1.165, 1.54) is 24.1 Å². The van der Waals surface area contributed by atoms with E-state index in [2.05, 4.69) is 5.32 Å². The molecule has 1 unspecified atom stereocenters. The van der Waals surface area contributed by atoms with Gasteiger partial charge in [0, 0.05) is 26.6 Å². The summed E-state index contributed by atoms with van der Waals surface area (Å²) >= 11 is 0. The Morgan fingerprint density at radius 2 is 1.61 bits per heavy atom. The van der Waals surface area contributed by atoms with Gasteiger partial charge in [0.05, 0.1) is 11.1 Å². The highest BCUT2D eigenvalue weighted by Crippen LogP contribution is 2.23. The topological polar surface area (TPSA) is 86.8 Å². The van der Waals surface area contributed by atoms with Crippen molar-refractivity contribution in [2.75, 3.05) is 13.6 Å². The molecule has 31 heavy (non-hydrogen) atoms. The Kier molecular flexibility index (Phi) is 6.79. The summed E-state index contributed by atoms with van der Waals surface area (Å²) in [6.07, 6.45) is 0.320. The molecule has 2 aromatic carbocycles. The molecule has 4 amide bonds. The van der Waals surface area contributed by atoms with Gasteiger partial charge in [-0.15, -0.1) is 0 Å². The van der Waals surface area contributed by atoms with Gasteiger partial charge < -0.3 is 10.2 Å². The van der Waals surface area contributed by atoms with Gasteiger partial charge in [0.15, 0.2) is 0 Å². The smallest absolute Gasteiger partial charge is 0.261 e. The Hall–Kier alpha value is -3.55. The van der Waals surface area contributed by atoms with Crippen LogP contribution < -0.4 is 5.32 Å². The van der Waals surface area contributed by atoms with E-state index in [4.69, 9.17) is 0 Å². The predicted octanol–water partition coefficient (Wildman–Crippen LogP) is 2.37. The lowest BCUT2D eigenvalue weighted by molar-refractivity contribution is -0.140. The first-order chi connectivity index (χ1) is 14.8. The van der Waals surface area contributed by atoms with Gasteiger partial charge in [0.2, 0.25) is 11.8 Å². The maximum atomic E-state index is 13.2.